The van der Waals surface area contributed by atoms with Gasteiger partial charge in [-0.15, -0.1) is 0 Å². The van der Waals surface area contributed by atoms with Crippen molar-refractivity contribution in [2.24, 2.45) is 0 Å². The third-order valence-corrected chi connectivity index (χ3v) is 4.93. The predicted octanol–water partition coefficient (Wildman–Crippen LogP) is 5.23. The van der Waals surface area contributed by atoms with Crippen LogP contribution >= 0.6 is 0 Å². The Hall–Kier alpha value is -2.63. The van der Waals surface area contributed by atoms with E-state index in [1.807, 2.05) is 24.3 Å². The molecule has 3 nitrogen and oxygen atoms in total. The third-order valence-electron chi connectivity index (χ3n) is 4.93. The van der Waals surface area contributed by atoms with Gasteiger partial charge in [-0.05, 0) is 49.1 Å². The smallest absolute Gasteiger partial charge is 0.356 e. The van der Waals surface area contributed by atoms with Crippen LogP contribution in [-0.4, -0.2) is 23.1 Å². The minimum absolute atomic E-state index is 0.407. The number of halogens is 3. The van der Waals surface area contributed by atoms with Crippen LogP contribution in [0.25, 0.3) is 10.9 Å². The lowest BCUT2D eigenvalue weighted by Crippen LogP contribution is -2.30. The summed E-state index contributed by atoms with van der Waals surface area (Å²) >= 11 is 0. The Labute approximate surface area is 155 Å². The molecule has 0 unspecified atom stereocenters. The Kier molecular flexibility index (Phi) is 4.72. The van der Waals surface area contributed by atoms with Crippen LogP contribution in [0.5, 0.6) is 0 Å². The summed E-state index contributed by atoms with van der Waals surface area (Å²) in [6.45, 7) is 1.95. The molecule has 140 valence electrons. The molecule has 2 aromatic carbocycles. The van der Waals surface area contributed by atoms with Crippen molar-refractivity contribution in [3.63, 3.8) is 0 Å². The van der Waals surface area contributed by atoms with Gasteiger partial charge < -0.3 is 4.90 Å². The number of hydrogen-bond acceptors (Lipinski definition) is 3. The SMILES string of the molecule is FC(F)(F)c1ccc(Cc2nc(N3CCCCC3)c3ccccc3n2)cc1. The van der Waals surface area contributed by atoms with Gasteiger partial charge in [0.2, 0.25) is 0 Å². The maximum Gasteiger partial charge on any atom is 0.416 e. The zero-order valence-electron chi connectivity index (χ0n) is 14.8. The van der Waals surface area contributed by atoms with E-state index in [4.69, 9.17) is 4.98 Å². The number of hydrogen-bond donors (Lipinski definition) is 0. The van der Waals surface area contributed by atoms with Gasteiger partial charge in [-0.1, -0.05) is 24.3 Å². The highest BCUT2D eigenvalue weighted by Crippen LogP contribution is 2.30. The van der Waals surface area contributed by atoms with Gasteiger partial charge in [-0.25, -0.2) is 9.97 Å². The number of para-hydroxylation sites is 1. The summed E-state index contributed by atoms with van der Waals surface area (Å²) in [6.07, 6.45) is -0.389. The fourth-order valence-electron chi connectivity index (χ4n) is 3.53. The predicted molar refractivity (Wildman–Crippen MR) is 99.9 cm³/mol. The third kappa shape index (κ3) is 3.89. The van der Waals surface area contributed by atoms with Gasteiger partial charge in [0, 0.05) is 24.9 Å². The first-order chi connectivity index (χ1) is 13.0. The number of anilines is 1. The second-order valence-electron chi connectivity index (χ2n) is 6.90. The fraction of sp³-hybridized carbons (Fsp3) is 0.333. The molecule has 1 aliphatic heterocycles. The molecule has 3 aromatic rings. The van der Waals surface area contributed by atoms with Crippen molar-refractivity contribution in [2.75, 3.05) is 18.0 Å². The van der Waals surface area contributed by atoms with E-state index < -0.39 is 11.7 Å². The highest BCUT2D eigenvalue weighted by molar-refractivity contribution is 5.89. The van der Waals surface area contributed by atoms with Gasteiger partial charge in [-0.3, -0.25) is 0 Å². The normalized spacial score (nSPS) is 15.3. The minimum atomic E-state index is -4.32. The molecule has 1 aliphatic rings. The van der Waals surface area contributed by atoms with Gasteiger partial charge in [0.15, 0.2) is 0 Å². The number of aromatic nitrogens is 2. The summed E-state index contributed by atoms with van der Waals surface area (Å²) in [4.78, 5) is 11.7. The molecule has 0 amide bonds. The van der Waals surface area contributed by atoms with Crippen molar-refractivity contribution in [2.45, 2.75) is 31.9 Å². The largest absolute Gasteiger partial charge is 0.416 e. The molecule has 0 saturated carbocycles. The van der Waals surface area contributed by atoms with Crippen molar-refractivity contribution in [3.05, 3.63) is 65.5 Å². The first-order valence-electron chi connectivity index (χ1n) is 9.17. The standard InChI is InChI=1S/C21H20F3N3/c22-21(23,24)16-10-8-15(9-11-16)14-19-25-18-7-3-2-6-17(18)20(26-19)27-12-4-1-5-13-27/h2-3,6-11H,1,4-5,12-14H2. The van der Waals surface area contributed by atoms with Crippen LogP contribution in [0.4, 0.5) is 19.0 Å². The Morgan fingerprint density at radius 2 is 1.56 bits per heavy atom. The molecule has 1 fully saturated rings. The monoisotopic (exact) mass is 371 g/mol. The zero-order chi connectivity index (χ0) is 18.9. The molecule has 0 aliphatic carbocycles. The molecule has 0 atom stereocenters. The van der Waals surface area contributed by atoms with E-state index in [0.29, 0.717) is 12.2 Å². The number of rotatable bonds is 3. The average molecular weight is 371 g/mol. The van der Waals surface area contributed by atoms with Gasteiger partial charge in [0.25, 0.3) is 0 Å². The van der Waals surface area contributed by atoms with Crippen LogP contribution in [-0.2, 0) is 12.6 Å². The molecular weight excluding hydrogens is 351 g/mol. The second kappa shape index (κ2) is 7.18. The Morgan fingerprint density at radius 1 is 0.852 bits per heavy atom. The number of benzene rings is 2. The summed E-state index contributed by atoms with van der Waals surface area (Å²) in [5.74, 6) is 1.57. The van der Waals surface area contributed by atoms with Gasteiger partial charge in [0.05, 0.1) is 11.1 Å². The highest BCUT2D eigenvalue weighted by atomic mass is 19.4. The molecule has 0 N–H and O–H groups in total. The quantitative estimate of drug-likeness (QED) is 0.631. The summed E-state index contributed by atoms with van der Waals surface area (Å²) in [5, 5.41) is 1.02. The fourth-order valence-corrected chi connectivity index (χ4v) is 3.53. The van der Waals surface area contributed by atoms with Crippen LogP contribution in [0.3, 0.4) is 0 Å². The Balaban J connectivity index is 1.67. The van der Waals surface area contributed by atoms with E-state index >= 15 is 0 Å². The lowest BCUT2D eigenvalue weighted by Gasteiger charge is -2.29. The van der Waals surface area contributed by atoms with Crippen molar-refractivity contribution in [1.82, 2.24) is 9.97 Å². The van der Waals surface area contributed by atoms with Crippen molar-refractivity contribution in [1.29, 1.82) is 0 Å². The lowest BCUT2D eigenvalue weighted by molar-refractivity contribution is -0.137. The van der Waals surface area contributed by atoms with Crippen LogP contribution < -0.4 is 4.90 Å². The Bertz CT molecular complexity index is 930. The maximum atomic E-state index is 12.7. The van der Waals surface area contributed by atoms with E-state index in [1.54, 1.807) is 0 Å². The molecule has 1 aromatic heterocycles. The molecular formula is C21H20F3N3. The van der Waals surface area contributed by atoms with E-state index in [0.717, 1.165) is 60.3 Å². The summed E-state index contributed by atoms with van der Waals surface area (Å²) < 4.78 is 38.2. The van der Waals surface area contributed by atoms with E-state index in [-0.39, 0.29) is 0 Å². The van der Waals surface area contributed by atoms with Crippen molar-refractivity contribution in [3.8, 4) is 0 Å². The maximum absolute atomic E-state index is 12.7. The first-order valence-corrected chi connectivity index (χ1v) is 9.17. The number of fused-ring (bicyclic) bond motifs is 1. The molecule has 0 radical (unpaired) electrons. The molecule has 0 spiro atoms. The van der Waals surface area contributed by atoms with Crippen molar-refractivity contribution < 1.29 is 13.2 Å². The first kappa shape index (κ1) is 17.8. The minimum Gasteiger partial charge on any atom is -0.356 e. The summed E-state index contributed by atoms with van der Waals surface area (Å²) in [7, 11) is 0. The number of alkyl halides is 3. The highest BCUT2D eigenvalue weighted by Gasteiger charge is 2.30. The molecule has 0 bridgehead atoms. The average Bonchev–Trinajstić information content (AvgIpc) is 2.68. The van der Waals surface area contributed by atoms with Crippen LogP contribution in [0.2, 0.25) is 0 Å². The van der Waals surface area contributed by atoms with Gasteiger partial charge in [0.1, 0.15) is 11.6 Å². The lowest BCUT2D eigenvalue weighted by atomic mass is 10.1. The molecule has 27 heavy (non-hydrogen) atoms. The summed E-state index contributed by atoms with van der Waals surface area (Å²) in [6, 6.07) is 13.1. The van der Waals surface area contributed by atoms with E-state index in [2.05, 4.69) is 9.88 Å². The Morgan fingerprint density at radius 3 is 2.26 bits per heavy atom. The summed E-state index contributed by atoms with van der Waals surface area (Å²) in [5.41, 5.74) is 0.998. The van der Waals surface area contributed by atoms with Gasteiger partial charge in [-0.2, -0.15) is 13.2 Å². The van der Waals surface area contributed by atoms with Crippen LogP contribution in [0.15, 0.2) is 48.5 Å². The molecule has 1 saturated heterocycles. The van der Waals surface area contributed by atoms with Crippen LogP contribution in [0, 0.1) is 0 Å². The molecule has 2 heterocycles. The number of piperidine rings is 1. The number of nitrogens with zero attached hydrogens (tertiary/aromatic N) is 3. The zero-order valence-corrected chi connectivity index (χ0v) is 14.8. The van der Waals surface area contributed by atoms with Gasteiger partial charge >= 0.3 is 6.18 Å². The van der Waals surface area contributed by atoms with Crippen LogP contribution in [0.1, 0.15) is 36.2 Å². The molecule has 6 heteroatoms. The topological polar surface area (TPSA) is 29.0 Å². The van der Waals surface area contributed by atoms with Crippen molar-refractivity contribution >= 4 is 16.7 Å². The van der Waals surface area contributed by atoms with E-state index in [9.17, 15) is 13.2 Å². The molecule has 4 rings (SSSR count). The van der Waals surface area contributed by atoms with E-state index in [1.165, 1.54) is 18.6 Å². The second-order valence-corrected chi connectivity index (χ2v) is 6.90.